The number of aryl methyl sites for hydroxylation is 1. The molecule has 7 heteroatoms. The van der Waals surface area contributed by atoms with Crippen molar-refractivity contribution in [3.8, 4) is 0 Å². The average molecular weight is 340 g/mol. The predicted octanol–water partition coefficient (Wildman–Crippen LogP) is 2.42. The van der Waals surface area contributed by atoms with Crippen LogP contribution in [0.1, 0.15) is 39.5 Å². The molecule has 1 aromatic carbocycles. The standard InChI is InChI=1S/C18H20N4O3/c1-12-19-15(11-16(20-12)22-9-3-4-10-22)17(23)21-14-7-5-13(6-8-14)18(24)25-2/h5-8,11H,3-4,9-10H2,1-2H3,(H,21,23). The first-order valence-corrected chi connectivity index (χ1v) is 8.17. The Morgan fingerprint density at radius 3 is 2.44 bits per heavy atom. The molecule has 0 saturated carbocycles. The zero-order valence-electron chi connectivity index (χ0n) is 14.3. The van der Waals surface area contributed by atoms with Crippen LogP contribution in [-0.4, -0.2) is 42.0 Å². The van der Waals surface area contributed by atoms with E-state index in [1.54, 1.807) is 37.3 Å². The number of nitrogens with one attached hydrogen (secondary N) is 1. The molecule has 1 fully saturated rings. The normalized spacial score (nSPS) is 13.6. The number of esters is 1. The number of carbonyl (C=O) groups is 2. The second-order valence-corrected chi connectivity index (χ2v) is 5.88. The molecule has 0 unspecified atom stereocenters. The molecule has 1 aromatic heterocycles. The Labute approximate surface area is 146 Å². The molecule has 2 aromatic rings. The van der Waals surface area contributed by atoms with E-state index in [1.807, 2.05) is 0 Å². The Hall–Kier alpha value is -2.96. The van der Waals surface area contributed by atoms with Crippen LogP contribution in [0.3, 0.4) is 0 Å². The summed E-state index contributed by atoms with van der Waals surface area (Å²) in [6.07, 6.45) is 2.27. The minimum absolute atomic E-state index is 0.309. The summed E-state index contributed by atoms with van der Waals surface area (Å²) in [5.74, 6) is 0.628. The molecule has 0 radical (unpaired) electrons. The van der Waals surface area contributed by atoms with Crippen LogP contribution in [0.4, 0.5) is 11.5 Å². The Kier molecular flexibility index (Phi) is 4.92. The van der Waals surface area contributed by atoms with Gasteiger partial charge in [0, 0.05) is 24.8 Å². The quantitative estimate of drug-likeness (QED) is 0.861. The zero-order valence-corrected chi connectivity index (χ0v) is 14.3. The zero-order chi connectivity index (χ0) is 17.8. The third-order valence-corrected chi connectivity index (χ3v) is 4.05. The van der Waals surface area contributed by atoms with Crippen molar-refractivity contribution in [3.63, 3.8) is 0 Å². The van der Waals surface area contributed by atoms with E-state index in [0.29, 0.717) is 22.8 Å². The number of hydrogen-bond acceptors (Lipinski definition) is 6. The molecule has 25 heavy (non-hydrogen) atoms. The lowest BCUT2D eigenvalue weighted by Gasteiger charge is -2.17. The van der Waals surface area contributed by atoms with Gasteiger partial charge in [-0.3, -0.25) is 4.79 Å². The predicted molar refractivity (Wildman–Crippen MR) is 94.0 cm³/mol. The molecule has 0 spiro atoms. The van der Waals surface area contributed by atoms with E-state index in [1.165, 1.54) is 7.11 Å². The van der Waals surface area contributed by atoms with Gasteiger partial charge in [0.2, 0.25) is 0 Å². The molecule has 130 valence electrons. The third-order valence-electron chi connectivity index (χ3n) is 4.05. The van der Waals surface area contributed by atoms with Gasteiger partial charge in [0.1, 0.15) is 17.3 Å². The number of methoxy groups -OCH3 is 1. The third kappa shape index (κ3) is 3.93. The van der Waals surface area contributed by atoms with Crippen LogP contribution in [0.25, 0.3) is 0 Å². The van der Waals surface area contributed by atoms with Crippen molar-refractivity contribution in [2.45, 2.75) is 19.8 Å². The van der Waals surface area contributed by atoms with Crippen molar-refractivity contribution in [1.82, 2.24) is 9.97 Å². The molecular formula is C18H20N4O3. The van der Waals surface area contributed by atoms with Crippen molar-refractivity contribution < 1.29 is 14.3 Å². The summed E-state index contributed by atoms with van der Waals surface area (Å²) < 4.78 is 4.65. The van der Waals surface area contributed by atoms with Gasteiger partial charge in [-0.2, -0.15) is 0 Å². The number of rotatable bonds is 4. The summed E-state index contributed by atoms with van der Waals surface area (Å²) in [6, 6.07) is 8.22. The highest BCUT2D eigenvalue weighted by atomic mass is 16.5. The fourth-order valence-electron chi connectivity index (χ4n) is 2.78. The van der Waals surface area contributed by atoms with E-state index < -0.39 is 5.97 Å². The Morgan fingerprint density at radius 1 is 1.12 bits per heavy atom. The number of ether oxygens (including phenoxy) is 1. The first kappa shape index (κ1) is 16.9. The van der Waals surface area contributed by atoms with E-state index in [9.17, 15) is 9.59 Å². The van der Waals surface area contributed by atoms with Crippen molar-refractivity contribution in [2.75, 3.05) is 30.4 Å². The molecule has 1 N–H and O–H groups in total. The van der Waals surface area contributed by atoms with E-state index in [0.717, 1.165) is 31.7 Å². The number of carbonyl (C=O) groups excluding carboxylic acids is 2. The first-order chi connectivity index (χ1) is 12.1. The molecular weight excluding hydrogens is 320 g/mol. The van der Waals surface area contributed by atoms with Crippen LogP contribution in [-0.2, 0) is 4.74 Å². The monoisotopic (exact) mass is 340 g/mol. The molecule has 1 aliphatic heterocycles. The fourth-order valence-corrected chi connectivity index (χ4v) is 2.78. The summed E-state index contributed by atoms with van der Waals surface area (Å²) in [6.45, 7) is 3.68. The maximum absolute atomic E-state index is 12.5. The lowest BCUT2D eigenvalue weighted by atomic mass is 10.2. The Morgan fingerprint density at radius 2 is 1.80 bits per heavy atom. The SMILES string of the molecule is COC(=O)c1ccc(NC(=O)c2cc(N3CCCC3)nc(C)n2)cc1. The van der Waals surface area contributed by atoms with E-state index in [2.05, 4.69) is 24.9 Å². The summed E-state index contributed by atoms with van der Waals surface area (Å²) in [5, 5.41) is 2.79. The van der Waals surface area contributed by atoms with Gasteiger partial charge >= 0.3 is 5.97 Å². The highest BCUT2D eigenvalue weighted by Crippen LogP contribution is 2.19. The largest absolute Gasteiger partial charge is 0.465 e. The average Bonchev–Trinajstić information content (AvgIpc) is 3.16. The number of benzene rings is 1. The van der Waals surface area contributed by atoms with Crippen LogP contribution in [0.15, 0.2) is 30.3 Å². The smallest absolute Gasteiger partial charge is 0.337 e. The highest BCUT2D eigenvalue weighted by Gasteiger charge is 2.17. The van der Waals surface area contributed by atoms with Crippen LogP contribution < -0.4 is 10.2 Å². The van der Waals surface area contributed by atoms with Crippen molar-refractivity contribution in [3.05, 3.63) is 47.4 Å². The van der Waals surface area contributed by atoms with Crippen LogP contribution >= 0.6 is 0 Å². The summed E-state index contributed by atoms with van der Waals surface area (Å²) >= 11 is 0. The summed E-state index contributed by atoms with van der Waals surface area (Å²) in [4.78, 5) is 34.8. The van der Waals surface area contributed by atoms with Crippen molar-refractivity contribution in [2.24, 2.45) is 0 Å². The summed E-state index contributed by atoms with van der Waals surface area (Å²) in [7, 11) is 1.33. The van der Waals surface area contributed by atoms with Gasteiger partial charge in [-0.25, -0.2) is 14.8 Å². The van der Waals surface area contributed by atoms with E-state index >= 15 is 0 Å². The van der Waals surface area contributed by atoms with Crippen molar-refractivity contribution >= 4 is 23.4 Å². The van der Waals surface area contributed by atoms with E-state index in [-0.39, 0.29) is 5.91 Å². The van der Waals surface area contributed by atoms with Crippen LogP contribution in [0.5, 0.6) is 0 Å². The van der Waals surface area contributed by atoms with Gasteiger partial charge in [0.25, 0.3) is 5.91 Å². The molecule has 0 bridgehead atoms. The van der Waals surface area contributed by atoms with E-state index in [4.69, 9.17) is 0 Å². The number of amides is 1. The molecule has 1 aliphatic rings. The number of nitrogens with zero attached hydrogens (tertiary/aromatic N) is 3. The Balaban J connectivity index is 1.75. The molecule has 3 rings (SSSR count). The first-order valence-electron chi connectivity index (χ1n) is 8.17. The van der Waals surface area contributed by atoms with Gasteiger partial charge in [-0.05, 0) is 44.0 Å². The fraction of sp³-hybridized carbons (Fsp3) is 0.333. The maximum Gasteiger partial charge on any atom is 0.337 e. The lowest BCUT2D eigenvalue weighted by Crippen LogP contribution is -2.22. The molecule has 1 saturated heterocycles. The molecule has 0 atom stereocenters. The maximum atomic E-state index is 12.5. The highest BCUT2D eigenvalue weighted by molar-refractivity contribution is 6.03. The van der Waals surface area contributed by atoms with Crippen molar-refractivity contribution in [1.29, 1.82) is 0 Å². The van der Waals surface area contributed by atoms with Gasteiger partial charge in [0.05, 0.1) is 12.7 Å². The van der Waals surface area contributed by atoms with Crippen LogP contribution in [0.2, 0.25) is 0 Å². The second-order valence-electron chi connectivity index (χ2n) is 5.88. The van der Waals surface area contributed by atoms with Gasteiger partial charge < -0.3 is 15.0 Å². The van der Waals surface area contributed by atoms with Gasteiger partial charge in [-0.1, -0.05) is 0 Å². The number of anilines is 2. The second kappa shape index (κ2) is 7.29. The molecule has 7 nitrogen and oxygen atoms in total. The molecule has 0 aliphatic carbocycles. The topological polar surface area (TPSA) is 84.4 Å². The molecule has 2 heterocycles. The van der Waals surface area contributed by atoms with Crippen LogP contribution in [0, 0.1) is 6.92 Å². The van der Waals surface area contributed by atoms with Gasteiger partial charge in [0.15, 0.2) is 0 Å². The Bertz CT molecular complexity index is 783. The lowest BCUT2D eigenvalue weighted by molar-refractivity contribution is 0.0600. The summed E-state index contributed by atoms with van der Waals surface area (Å²) in [5.41, 5.74) is 1.33. The number of aromatic nitrogens is 2. The number of hydrogen-bond donors (Lipinski definition) is 1. The minimum Gasteiger partial charge on any atom is -0.465 e. The molecule has 1 amide bonds. The minimum atomic E-state index is -0.417. The van der Waals surface area contributed by atoms with Gasteiger partial charge in [-0.15, -0.1) is 0 Å².